The fourth-order valence-electron chi connectivity index (χ4n) is 6.45. The molecule has 2 aromatic rings. The zero-order valence-electron chi connectivity index (χ0n) is 32.5. The van der Waals surface area contributed by atoms with Gasteiger partial charge >= 0.3 is 0 Å². The van der Waals surface area contributed by atoms with Gasteiger partial charge in [-0.3, -0.25) is 33.6 Å². The molecule has 0 saturated carbocycles. The predicted molar refractivity (Wildman–Crippen MR) is 203 cm³/mol. The third-order valence-corrected chi connectivity index (χ3v) is 9.46. The molecule has 15 nitrogen and oxygen atoms in total. The number of nitrogens with one attached hydrogen (secondary N) is 4. The Kier molecular flexibility index (Phi) is 14.9. The van der Waals surface area contributed by atoms with E-state index < -0.39 is 77.6 Å². The van der Waals surface area contributed by atoms with Gasteiger partial charge in [0.2, 0.25) is 29.4 Å². The number of ether oxygens (including phenoxy) is 2. The Bertz CT molecular complexity index is 1710. The number of hydrogen-bond acceptors (Lipinski definition) is 9. The Labute approximate surface area is 322 Å². The molecule has 0 unspecified atom stereocenters. The van der Waals surface area contributed by atoms with Crippen LogP contribution < -0.4 is 26.0 Å². The van der Waals surface area contributed by atoms with Gasteiger partial charge in [0.25, 0.3) is 11.8 Å². The molecule has 4 rings (SSSR count). The summed E-state index contributed by atoms with van der Waals surface area (Å²) >= 11 is 0. The molecule has 1 saturated heterocycles. The number of carbonyl (C=O) groups excluding carboxylic acids is 7. The van der Waals surface area contributed by atoms with Crippen LogP contribution >= 0.6 is 0 Å². The molecule has 1 fully saturated rings. The number of ketones is 1. The summed E-state index contributed by atoms with van der Waals surface area (Å²) in [4.78, 5) is 96.8. The first-order valence-electron chi connectivity index (χ1n) is 18.7. The number of rotatable bonds is 11. The van der Waals surface area contributed by atoms with E-state index in [4.69, 9.17) is 9.47 Å². The average Bonchev–Trinajstić information content (AvgIpc) is 3.59. The van der Waals surface area contributed by atoms with Gasteiger partial charge in [0.05, 0.1) is 25.3 Å². The highest BCUT2D eigenvalue weighted by Crippen LogP contribution is 2.28. The van der Waals surface area contributed by atoms with E-state index in [1.165, 1.54) is 9.80 Å². The first-order valence-corrected chi connectivity index (χ1v) is 18.7. The Hall–Kier alpha value is -5.31. The monoisotopic (exact) mass is 762 g/mol. The van der Waals surface area contributed by atoms with Crippen molar-refractivity contribution in [1.82, 2.24) is 31.1 Å². The van der Waals surface area contributed by atoms with E-state index in [0.717, 1.165) is 0 Å². The highest BCUT2D eigenvalue weighted by atomic mass is 16.5. The minimum Gasteiger partial charge on any atom is -0.494 e. The molecule has 0 radical (unpaired) electrons. The lowest BCUT2D eigenvalue weighted by Crippen LogP contribution is -2.59. The van der Waals surface area contributed by atoms with Crippen molar-refractivity contribution in [2.45, 2.75) is 90.1 Å². The highest BCUT2D eigenvalue weighted by Gasteiger charge is 2.46. The molecule has 2 aliphatic heterocycles. The van der Waals surface area contributed by atoms with E-state index in [-0.39, 0.29) is 25.3 Å². The van der Waals surface area contributed by atoms with Crippen LogP contribution in [0.1, 0.15) is 81.8 Å². The molecule has 2 aromatic carbocycles. The topological polar surface area (TPSA) is 193 Å². The average molecular weight is 763 g/mol. The highest BCUT2D eigenvalue weighted by molar-refractivity contribution is 6.38. The van der Waals surface area contributed by atoms with Crippen molar-refractivity contribution >= 4 is 41.2 Å². The van der Waals surface area contributed by atoms with E-state index in [2.05, 4.69) is 21.3 Å². The molecule has 0 spiro atoms. The summed E-state index contributed by atoms with van der Waals surface area (Å²) in [5, 5.41) is 10.5. The van der Waals surface area contributed by atoms with Crippen molar-refractivity contribution in [3.8, 4) is 5.75 Å². The van der Waals surface area contributed by atoms with Crippen LogP contribution in [-0.4, -0.2) is 116 Å². The summed E-state index contributed by atoms with van der Waals surface area (Å²) in [5.74, 6) is -4.23. The zero-order chi connectivity index (χ0) is 40.3. The molecule has 2 aliphatic rings. The quantitative estimate of drug-likeness (QED) is 0.248. The molecule has 6 amide bonds. The summed E-state index contributed by atoms with van der Waals surface area (Å²) in [7, 11) is 3.11. The first-order chi connectivity index (χ1) is 26.1. The van der Waals surface area contributed by atoms with Gasteiger partial charge in [0.1, 0.15) is 23.9 Å². The molecule has 55 heavy (non-hydrogen) atoms. The van der Waals surface area contributed by atoms with Gasteiger partial charge in [-0.05, 0) is 48.4 Å². The molecule has 2 heterocycles. The van der Waals surface area contributed by atoms with Gasteiger partial charge < -0.3 is 40.5 Å². The van der Waals surface area contributed by atoms with Crippen LogP contribution in [0.2, 0.25) is 0 Å². The van der Waals surface area contributed by atoms with Gasteiger partial charge in [-0.15, -0.1) is 0 Å². The van der Waals surface area contributed by atoms with Crippen LogP contribution in [0.4, 0.5) is 0 Å². The maximum Gasteiger partial charge on any atom is 0.290 e. The number of amides is 6. The smallest absolute Gasteiger partial charge is 0.290 e. The molecule has 0 aliphatic carbocycles. The third kappa shape index (κ3) is 11.6. The summed E-state index contributed by atoms with van der Waals surface area (Å²) in [6, 6.07) is 10.9. The zero-order valence-corrected chi connectivity index (χ0v) is 32.5. The Morgan fingerprint density at radius 2 is 1.67 bits per heavy atom. The minimum absolute atomic E-state index is 0.0770. The fraction of sp³-hybridized carbons (Fsp3) is 0.525. The standard InChI is InChI=1S/C40H54N6O9/c1-7-14-29(33(48)37(51)41-23-31(47)43-32(38(52)45(5)6)25-15-9-8-10-16-25)42-36(50)30-22-28-24-46(30)39(53)34(40(2,3)4)44-35(49)26-17-13-18-27(21-26)54-19-11-12-20-55-28/h8-10,13,15-18,21,28-30,32,34H,7,11-12,14,19-20,22-24H2,1-6H3,(H,41,51)(H,42,50)(H,43,47)(H,44,49)/t28-,29+,30+,32+,34-/m1/s1. The lowest BCUT2D eigenvalue weighted by molar-refractivity contribution is -0.144. The summed E-state index contributed by atoms with van der Waals surface area (Å²) in [5.41, 5.74) is 0.0939. The number of carbonyl (C=O) groups is 7. The second kappa shape index (κ2) is 19.3. The maximum atomic E-state index is 14.3. The number of hydrogen-bond donors (Lipinski definition) is 4. The lowest BCUT2D eigenvalue weighted by Gasteiger charge is -2.35. The largest absolute Gasteiger partial charge is 0.494 e. The van der Waals surface area contributed by atoms with E-state index in [0.29, 0.717) is 49.4 Å². The summed E-state index contributed by atoms with van der Waals surface area (Å²) < 4.78 is 11.9. The third-order valence-electron chi connectivity index (χ3n) is 9.46. The Balaban J connectivity index is 1.48. The van der Waals surface area contributed by atoms with Crippen LogP contribution in [0.5, 0.6) is 5.75 Å². The van der Waals surface area contributed by atoms with Crippen molar-refractivity contribution < 1.29 is 43.0 Å². The SMILES string of the molecule is CCC[C@H](NC(=O)[C@@H]1C[C@@H]2CN1C(=O)[C@H](C(C)(C)C)NC(=O)c1cccc(c1)OCCCCO2)C(=O)C(=O)NCC(=O)N[C@H](C(=O)N(C)C)c1ccccc1. The number of Topliss-reactive ketones (excluding diaryl/α,β-unsaturated/α-hetero) is 1. The Morgan fingerprint density at radius 3 is 2.35 bits per heavy atom. The predicted octanol–water partition coefficient (Wildman–Crippen LogP) is 1.91. The van der Waals surface area contributed by atoms with Gasteiger partial charge in [0.15, 0.2) is 0 Å². The van der Waals surface area contributed by atoms with Crippen LogP contribution in [0, 0.1) is 5.41 Å². The van der Waals surface area contributed by atoms with E-state index in [1.807, 2.05) is 20.8 Å². The molecule has 4 bridgehead atoms. The van der Waals surface area contributed by atoms with E-state index >= 15 is 0 Å². The van der Waals surface area contributed by atoms with Crippen molar-refractivity contribution in [2.24, 2.45) is 5.41 Å². The van der Waals surface area contributed by atoms with Crippen LogP contribution in [0.25, 0.3) is 0 Å². The molecular formula is C40H54N6O9. The second-order valence-electron chi connectivity index (χ2n) is 15.1. The van der Waals surface area contributed by atoms with Gasteiger partial charge in [0, 0.05) is 39.2 Å². The normalized spacial score (nSPS) is 20.3. The van der Waals surface area contributed by atoms with Crippen molar-refractivity contribution in [1.29, 1.82) is 0 Å². The second-order valence-corrected chi connectivity index (χ2v) is 15.1. The molecule has 298 valence electrons. The van der Waals surface area contributed by atoms with Crippen molar-refractivity contribution in [3.05, 3.63) is 65.7 Å². The molecule has 4 N–H and O–H groups in total. The number of likely N-dealkylation sites (N-methyl/N-ethyl adjacent to an activating group) is 1. The fourth-order valence-corrected chi connectivity index (χ4v) is 6.45. The Morgan fingerprint density at radius 1 is 0.964 bits per heavy atom. The number of fused-ring (bicyclic) bond motifs is 4. The lowest BCUT2D eigenvalue weighted by atomic mass is 9.85. The van der Waals surface area contributed by atoms with Crippen LogP contribution in [-0.2, 0) is 33.5 Å². The summed E-state index contributed by atoms with van der Waals surface area (Å²) in [6.07, 6.45) is 1.50. The van der Waals surface area contributed by atoms with Crippen molar-refractivity contribution in [3.63, 3.8) is 0 Å². The summed E-state index contributed by atoms with van der Waals surface area (Å²) in [6.45, 7) is 7.47. The van der Waals surface area contributed by atoms with Crippen molar-refractivity contribution in [2.75, 3.05) is 40.4 Å². The van der Waals surface area contributed by atoms with E-state index in [1.54, 1.807) is 75.6 Å². The number of benzene rings is 2. The molecular weight excluding hydrogens is 708 g/mol. The van der Waals surface area contributed by atoms with Crippen LogP contribution in [0.15, 0.2) is 54.6 Å². The molecule has 5 atom stereocenters. The molecule has 0 aromatic heterocycles. The van der Waals surface area contributed by atoms with Gasteiger partial charge in [-0.1, -0.05) is 70.5 Å². The molecule has 15 heteroatoms. The van der Waals surface area contributed by atoms with Gasteiger partial charge in [-0.25, -0.2) is 0 Å². The van der Waals surface area contributed by atoms with Gasteiger partial charge in [-0.2, -0.15) is 0 Å². The maximum absolute atomic E-state index is 14.3. The minimum atomic E-state index is -1.25. The first kappa shape index (κ1) is 42.4. The van der Waals surface area contributed by atoms with Crippen LogP contribution in [0.3, 0.4) is 0 Å². The van der Waals surface area contributed by atoms with E-state index in [9.17, 15) is 33.6 Å². The number of nitrogens with zero attached hydrogens (tertiary/aromatic N) is 2.